The van der Waals surface area contributed by atoms with Gasteiger partial charge in [0.2, 0.25) is 0 Å². The lowest BCUT2D eigenvalue weighted by molar-refractivity contribution is 0.0981. The summed E-state index contributed by atoms with van der Waals surface area (Å²) in [6, 6.07) is 0.753. The number of nitrogens with one attached hydrogen (secondary N) is 1. The zero-order valence-corrected chi connectivity index (χ0v) is 13.0. The maximum atomic E-state index is 3.60. The van der Waals surface area contributed by atoms with E-state index in [2.05, 4.69) is 53.8 Å². The van der Waals surface area contributed by atoms with Gasteiger partial charge in [-0.05, 0) is 41.9 Å². The average Bonchev–Trinajstić information content (AvgIpc) is 2.21. The lowest BCUT2D eigenvalue weighted by Gasteiger charge is -2.47. The van der Waals surface area contributed by atoms with Crippen molar-refractivity contribution in [1.29, 1.82) is 0 Å². The summed E-state index contributed by atoms with van der Waals surface area (Å²) in [7, 11) is 0. The van der Waals surface area contributed by atoms with E-state index in [1.54, 1.807) is 0 Å². The minimum absolute atomic E-state index is 0.530. The third-order valence-corrected chi connectivity index (χ3v) is 5.12. The van der Waals surface area contributed by atoms with Crippen LogP contribution >= 0.6 is 0 Å². The molecule has 0 saturated carbocycles. The molecule has 0 amide bonds. The van der Waals surface area contributed by atoms with Crippen LogP contribution in [0.25, 0.3) is 0 Å². The van der Waals surface area contributed by atoms with E-state index in [1.807, 2.05) is 0 Å². The van der Waals surface area contributed by atoms with Gasteiger partial charge in [-0.1, -0.05) is 48.5 Å². The molecule has 1 N–H and O–H groups in total. The molecule has 1 fully saturated rings. The first-order chi connectivity index (χ1) is 7.75. The molecule has 0 bridgehead atoms. The third-order valence-electron chi connectivity index (χ3n) is 5.12. The monoisotopic (exact) mass is 239 g/mol. The van der Waals surface area contributed by atoms with Gasteiger partial charge < -0.3 is 5.32 Å². The van der Waals surface area contributed by atoms with Gasteiger partial charge in [0.25, 0.3) is 0 Å². The Morgan fingerprint density at radius 2 is 1.65 bits per heavy atom. The largest absolute Gasteiger partial charge is 0.313 e. The molecule has 0 aliphatic carbocycles. The van der Waals surface area contributed by atoms with E-state index >= 15 is 0 Å². The van der Waals surface area contributed by atoms with Crippen LogP contribution in [0.4, 0.5) is 0 Å². The molecule has 0 aromatic rings. The van der Waals surface area contributed by atoms with Gasteiger partial charge in [0.05, 0.1) is 0 Å². The van der Waals surface area contributed by atoms with Crippen molar-refractivity contribution in [2.45, 2.75) is 67.3 Å². The summed E-state index contributed by atoms with van der Waals surface area (Å²) in [6.07, 6.45) is 2.74. The SMILES string of the molecule is CC(C)C(C)C(CCC1NCC1(C)C)C(C)C. The summed E-state index contributed by atoms with van der Waals surface area (Å²) in [5.74, 6) is 3.35. The summed E-state index contributed by atoms with van der Waals surface area (Å²) in [6.45, 7) is 17.9. The lowest BCUT2D eigenvalue weighted by Crippen LogP contribution is -2.59. The van der Waals surface area contributed by atoms with Crippen LogP contribution in [0, 0.1) is 29.1 Å². The van der Waals surface area contributed by atoms with Crippen molar-refractivity contribution < 1.29 is 0 Å². The second-order valence-electron chi connectivity index (χ2n) is 7.51. The summed E-state index contributed by atoms with van der Waals surface area (Å²) >= 11 is 0. The van der Waals surface area contributed by atoms with Crippen LogP contribution in [0.1, 0.15) is 61.3 Å². The van der Waals surface area contributed by atoms with Gasteiger partial charge in [-0.3, -0.25) is 0 Å². The second kappa shape index (κ2) is 5.73. The Morgan fingerprint density at radius 3 is 1.94 bits per heavy atom. The molecule has 3 atom stereocenters. The highest BCUT2D eigenvalue weighted by Gasteiger charge is 2.38. The highest BCUT2D eigenvalue weighted by Crippen LogP contribution is 2.36. The topological polar surface area (TPSA) is 12.0 Å². The molecule has 0 radical (unpaired) electrons. The molecular weight excluding hydrogens is 206 g/mol. The summed E-state index contributed by atoms with van der Waals surface area (Å²) < 4.78 is 0. The predicted molar refractivity (Wildman–Crippen MR) is 77.1 cm³/mol. The minimum Gasteiger partial charge on any atom is -0.313 e. The Hall–Kier alpha value is -0.0400. The first kappa shape index (κ1) is 15.0. The minimum atomic E-state index is 0.530. The molecule has 0 aromatic heterocycles. The fourth-order valence-electron chi connectivity index (χ4n) is 3.20. The van der Waals surface area contributed by atoms with Crippen molar-refractivity contribution >= 4 is 0 Å². The average molecular weight is 239 g/mol. The Labute approximate surface area is 109 Å². The van der Waals surface area contributed by atoms with Gasteiger partial charge >= 0.3 is 0 Å². The van der Waals surface area contributed by atoms with Crippen molar-refractivity contribution in [2.75, 3.05) is 6.54 Å². The predicted octanol–water partition coefficient (Wildman–Crippen LogP) is 4.33. The Bertz CT molecular complexity index is 230. The van der Waals surface area contributed by atoms with Crippen LogP contribution < -0.4 is 5.32 Å². The summed E-state index contributed by atoms with van der Waals surface area (Å²) in [5, 5.41) is 3.60. The van der Waals surface area contributed by atoms with Gasteiger partial charge in [-0.25, -0.2) is 0 Å². The molecule has 1 saturated heterocycles. The van der Waals surface area contributed by atoms with E-state index in [-0.39, 0.29) is 0 Å². The van der Waals surface area contributed by atoms with Crippen molar-refractivity contribution in [1.82, 2.24) is 5.32 Å². The number of hydrogen-bond acceptors (Lipinski definition) is 1. The maximum Gasteiger partial charge on any atom is 0.0131 e. The molecule has 1 aliphatic heterocycles. The number of hydrogen-bond donors (Lipinski definition) is 1. The summed E-state index contributed by atoms with van der Waals surface area (Å²) in [4.78, 5) is 0. The molecule has 0 spiro atoms. The number of rotatable bonds is 6. The second-order valence-corrected chi connectivity index (χ2v) is 7.51. The van der Waals surface area contributed by atoms with Crippen molar-refractivity contribution in [2.24, 2.45) is 29.1 Å². The smallest absolute Gasteiger partial charge is 0.0131 e. The first-order valence-electron chi connectivity index (χ1n) is 7.49. The zero-order valence-electron chi connectivity index (χ0n) is 13.0. The Morgan fingerprint density at radius 1 is 1.06 bits per heavy atom. The molecule has 1 heterocycles. The van der Waals surface area contributed by atoms with Crippen LogP contribution in [0.2, 0.25) is 0 Å². The van der Waals surface area contributed by atoms with Gasteiger partial charge in [-0.15, -0.1) is 0 Å². The van der Waals surface area contributed by atoms with E-state index in [0.29, 0.717) is 5.41 Å². The van der Waals surface area contributed by atoms with Crippen molar-refractivity contribution in [3.8, 4) is 0 Å². The molecule has 1 nitrogen and oxygen atoms in total. The Balaban J connectivity index is 2.45. The molecule has 1 aliphatic rings. The Kier molecular flexibility index (Phi) is 5.07. The van der Waals surface area contributed by atoms with Crippen LogP contribution in [-0.2, 0) is 0 Å². The van der Waals surface area contributed by atoms with E-state index < -0.39 is 0 Å². The van der Waals surface area contributed by atoms with Gasteiger partial charge in [0.15, 0.2) is 0 Å². The lowest BCUT2D eigenvalue weighted by atomic mass is 9.70. The highest BCUT2D eigenvalue weighted by atomic mass is 15.0. The van der Waals surface area contributed by atoms with E-state index in [9.17, 15) is 0 Å². The third kappa shape index (κ3) is 3.71. The maximum absolute atomic E-state index is 3.60. The molecule has 0 aromatic carbocycles. The molecule has 1 rings (SSSR count). The van der Waals surface area contributed by atoms with Crippen LogP contribution in [0.3, 0.4) is 0 Å². The van der Waals surface area contributed by atoms with Crippen molar-refractivity contribution in [3.63, 3.8) is 0 Å². The van der Waals surface area contributed by atoms with E-state index in [1.165, 1.54) is 19.4 Å². The van der Waals surface area contributed by atoms with Crippen LogP contribution in [0.5, 0.6) is 0 Å². The van der Waals surface area contributed by atoms with Gasteiger partial charge in [0.1, 0.15) is 0 Å². The molecule has 17 heavy (non-hydrogen) atoms. The van der Waals surface area contributed by atoms with E-state index in [0.717, 1.165) is 29.7 Å². The van der Waals surface area contributed by atoms with Gasteiger partial charge in [-0.2, -0.15) is 0 Å². The highest BCUT2D eigenvalue weighted by molar-refractivity contribution is 4.95. The van der Waals surface area contributed by atoms with Crippen LogP contribution in [0.15, 0.2) is 0 Å². The molecule has 3 unspecified atom stereocenters. The fraction of sp³-hybridized carbons (Fsp3) is 1.00. The molecule has 102 valence electrons. The van der Waals surface area contributed by atoms with Crippen molar-refractivity contribution in [3.05, 3.63) is 0 Å². The van der Waals surface area contributed by atoms with Gasteiger partial charge in [0, 0.05) is 12.6 Å². The van der Waals surface area contributed by atoms with Crippen LogP contribution in [-0.4, -0.2) is 12.6 Å². The first-order valence-corrected chi connectivity index (χ1v) is 7.49. The standard InChI is InChI=1S/C16H33N/c1-11(2)13(5)14(12(3)4)8-9-15-16(6,7)10-17-15/h11-15,17H,8-10H2,1-7H3. The zero-order chi connectivity index (χ0) is 13.2. The summed E-state index contributed by atoms with van der Waals surface area (Å²) in [5.41, 5.74) is 0.530. The fourth-order valence-corrected chi connectivity index (χ4v) is 3.20. The van der Waals surface area contributed by atoms with E-state index in [4.69, 9.17) is 0 Å². The molecular formula is C16H33N. The molecule has 1 heteroatoms. The normalized spacial score (nSPS) is 27.0. The quantitative estimate of drug-likeness (QED) is 0.727.